The highest BCUT2D eigenvalue weighted by atomic mass is 16.5. The van der Waals surface area contributed by atoms with Gasteiger partial charge in [0.15, 0.2) is 0 Å². The maximum absolute atomic E-state index is 11.9. The molecule has 1 aliphatic heterocycles. The molecule has 0 aromatic carbocycles. The van der Waals surface area contributed by atoms with Crippen LogP contribution in [0.25, 0.3) is 0 Å². The average Bonchev–Trinajstić information content (AvgIpc) is 3.34. The minimum Gasteiger partial charge on any atom is -0.494 e. The summed E-state index contributed by atoms with van der Waals surface area (Å²) in [6, 6.07) is 0. The standard InChI is InChI=1S/C32H49NO4/c1-7-29(35)36-23-12-14-31(5)22(16-23)9-10-24-25(31)13-15-32(6)26(24)17-28-30(32)20(3)27(37-28)11-8-19(2)18-33-21(4)34/h9,19,23-26,28,30H,7-8,10-18H2,1-6H3,(H,33,34)/t19-,23-,24-,25+,26+,28+,30+,31+,32+/m1/s1. The molecule has 1 heterocycles. The van der Waals surface area contributed by atoms with Gasteiger partial charge in [-0.05, 0) is 91.9 Å². The molecule has 4 aliphatic carbocycles. The molecule has 3 saturated carbocycles. The average molecular weight is 512 g/mol. The van der Waals surface area contributed by atoms with E-state index in [0.717, 1.165) is 56.4 Å². The fourth-order valence-corrected chi connectivity index (χ4v) is 9.38. The van der Waals surface area contributed by atoms with E-state index in [2.05, 4.69) is 39.1 Å². The van der Waals surface area contributed by atoms with Crippen molar-refractivity contribution in [2.45, 2.75) is 118 Å². The Balaban J connectivity index is 1.28. The van der Waals surface area contributed by atoms with E-state index in [1.54, 1.807) is 12.5 Å². The number of rotatable bonds is 7. The van der Waals surface area contributed by atoms with E-state index in [-0.39, 0.29) is 23.4 Å². The minimum atomic E-state index is -0.0567. The monoisotopic (exact) mass is 511 g/mol. The third-order valence-corrected chi connectivity index (χ3v) is 11.4. The summed E-state index contributed by atoms with van der Waals surface area (Å²) in [7, 11) is 0. The normalized spacial score (nSPS) is 41.0. The topological polar surface area (TPSA) is 64.6 Å². The van der Waals surface area contributed by atoms with E-state index in [4.69, 9.17) is 9.47 Å². The first-order chi connectivity index (χ1) is 17.6. The van der Waals surface area contributed by atoms with Gasteiger partial charge in [-0.3, -0.25) is 9.59 Å². The van der Waals surface area contributed by atoms with Crippen molar-refractivity contribution < 1.29 is 19.1 Å². The van der Waals surface area contributed by atoms with Gasteiger partial charge >= 0.3 is 5.97 Å². The van der Waals surface area contributed by atoms with E-state index in [1.165, 1.54) is 37.0 Å². The largest absolute Gasteiger partial charge is 0.494 e. The Morgan fingerprint density at radius 2 is 2.00 bits per heavy atom. The summed E-state index contributed by atoms with van der Waals surface area (Å²) in [5.74, 6) is 4.45. The van der Waals surface area contributed by atoms with Gasteiger partial charge in [0.2, 0.25) is 5.91 Å². The van der Waals surface area contributed by atoms with Crippen molar-refractivity contribution in [2.75, 3.05) is 6.54 Å². The van der Waals surface area contributed by atoms with E-state index < -0.39 is 0 Å². The van der Waals surface area contributed by atoms with Crippen LogP contribution in [0.1, 0.15) is 106 Å². The molecule has 5 aliphatic rings. The number of amides is 1. The number of carbonyl (C=O) groups is 2. The summed E-state index contributed by atoms with van der Waals surface area (Å²) >= 11 is 0. The van der Waals surface area contributed by atoms with Crippen molar-refractivity contribution in [3.63, 3.8) is 0 Å². The van der Waals surface area contributed by atoms with Gasteiger partial charge in [-0.25, -0.2) is 0 Å². The van der Waals surface area contributed by atoms with Crippen LogP contribution in [0.2, 0.25) is 0 Å². The number of nitrogens with one attached hydrogen (secondary N) is 1. The van der Waals surface area contributed by atoms with Crippen molar-refractivity contribution in [1.29, 1.82) is 0 Å². The van der Waals surface area contributed by atoms with Gasteiger partial charge in [0.25, 0.3) is 0 Å². The number of ether oxygens (including phenoxy) is 2. The molecule has 37 heavy (non-hydrogen) atoms. The van der Waals surface area contributed by atoms with Crippen molar-refractivity contribution in [3.05, 3.63) is 23.0 Å². The molecule has 0 unspecified atom stereocenters. The van der Waals surface area contributed by atoms with Crippen molar-refractivity contribution in [2.24, 2.45) is 40.4 Å². The van der Waals surface area contributed by atoms with Crippen LogP contribution >= 0.6 is 0 Å². The lowest BCUT2D eigenvalue weighted by molar-refractivity contribution is -0.151. The Morgan fingerprint density at radius 1 is 1.22 bits per heavy atom. The predicted octanol–water partition coefficient (Wildman–Crippen LogP) is 6.72. The number of carbonyl (C=O) groups excluding carboxylic acids is 2. The zero-order valence-corrected chi connectivity index (χ0v) is 24.0. The molecule has 1 N–H and O–H groups in total. The lowest BCUT2D eigenvalue weighted by Crippen LogP contribution is -2.50. The SMILES string of the molecule is CCC(=O)O[C@@H]1CC[C@@]2(C)C(=CC[C@H]3[C@@H]4C[C@@H]5OC(CC[C@@H](C)CNC(C)=O)=C(C)[C@@H]5[C@@]4(C)CC[C@@H]32)C1. The lowest BCUT2D eigenvalue weighted by atomic mass is 9.47. The Kier molecular flexibility index (Phi) is 7.30. The third kappa shape index (κ3) is 4.67. The number of fused-ring (bicyclic) bond motifs is 7. The van der Waals surface area contributed by atoms with Gasteiger partial charge in [0.1, 0.15) is 12.2 Å². The molecule has 5 nitrogen and oxygen atoms in total. The highest BCUT2D eigenvalue weighted by Gasteiger charge is 2.63. The fourth-order valence-electron chi connectivity index (χ4n) is 9.38. The molecule has 9 atom stereocenters. The Morgan fingerprint density at radius 3 is 2.73 bits per heavy atom. The summed E-state index contributed by atoms with van der Waals surface area (Å²) < 4.78 is 12.5. The maximum Gasteiger partial charge on any atom is 0.305 e. The van der Waals surface area contributed by atoms with Gasteiger partial charge in [-0.1, -0.05) is 39.3 Å². The van der Waals surface area contributed by atoms with Crippen LogP contribution in [0.5, 0.6) is 0 Å². The first-order valence-corrected chi connectivity index (χ1v) is 15.1. The molecule has 206 valence electrons. The molecule has 0 radical (unpaired) electrons. The molecule has 0 aromatic heterocycles. The predicted molar refractivity (Wildman–Crippen MR) is 145 cm³/mol. The first-order valence-electron chi connectivity index (χ1n) is 15.1. The Labute approximate surface area is 224 Å². The molecule has 0 aromatic rings. The van der Waals surface area contributed by atoms with Crippen LogP contribution in [0.4, 0.5) is 0 Å². The van der Waals surface area contributed by atoms with Crippen LogP contribution in [0, 0.1) is 40.4 Å². The van der Waals surface area contributed by atoms with Gasteiger partial charge < -0.3 is 14.8 Å². The second kappa shape index (κ2) is 10.1. The van der Waals surface area contributed by atoms with Crippen LogP contribution in [0.3, 0.4) is 0 Å². The molecule has 0 bridgehead atoms. The Bertz CT molecular complexity index is 983. The highest BCUT2D eigenvalue weighted by molar-refractivity contribution is 5.72. The second-order valence-electron chi connectivity index (χ2n) is 13.6. The van der Waals surface area contributed by atoms with E-state index in [9.17, 15) is 9.59 Å². The van der Waals surface area contributed by atoms with Gasteiger partial charge in [-0.2, -0.15) is 0 Å². The Hall–Kier alpha value is -1.78. The number of hydrogen-bond donors (Lipinski definition) is 1. The maximum atomic E-state index is 11.9. The molecule has 0 spiro atoms. The number of esters is 1. The van der Waals surface area contributed by atoms with Crippen LogP contribution in [-0.4, -0.2) is 30.6 Å². The number of allylic oxidation sites excluding steroid dienone is 2. The molecule has 1 amide bonds. The molecule has 5 rings (SSSR count). The molecule has 0 saturated heterocycles. The van der Waals surface area contributed by atoms with Gasteiger partial charge in [-0.15, -0.1) is 0 Å². The second-order valence-corrected chi connectivity index (χ2v) is 13.6. The summed E-state index contributed by atoms with van der Waals surface area (Å²) in [4.78, 5) is 23.2. The molecular weight excluding hydrogens is 462 g/mol. The number of hydrogen-bond acceptors (Lipinski definition) is 4. The van der Waals surface area contributed by atoms with E-state index in [1.807, 2.05) is 6.92 Å². The van der Waals surface area contributed by atoms with Gasteiger partial charge in [0.05, 0.1) is 5.76 Å². The van der Waals surface area contributed by atoms with Crippen LogP contribution in [0.15, 0.2) is 23.0 Å². The van der Waals surface area contributed by atoms with E-state index in [0.29, 0.717) is 29.8 Å². The van der Waals surface area contributed by atoms with Crippen molar-refractivity contribution in [1.82, 2.24) is 5.32 Å². The quantitative estimate of drug-likeness (QED) is 0.304. The summed E-state index contributed by atoms with van der Waals surface area (Å²) in [5.41, 5.74) is 3.67. The molecule has 3 fully saturated rings. The zero-order chi connectivity index (χ0) is 26.5. The fraction of sp³-hybridized carbons (Fsp3) is 0.812. The summed E-state index contributed by atoms with van der Waals surface area (Å²) in [5, 5.41) is 2.96. The molecule has 5 heteroatoms. The smallest absolute Gasteiger partial charge is 0.305 e. The minimum absolute atomic E-state index is 0.0509. The highest BCUT2D eigenvalue weighted by Crippen LogP contribution is 2.69. The van der Waals surface area contributed by atoms with Crippen molar-refractivity contribution >= 4 is 11.9 Å². The molecular formula is C32H49NO4. The summed E-state index contributed by atoms with van der Waals surface area (Å²) in [6.07, 6.45) is 13.5. The third-order valence-electron chi connectivity index (χ3n) is 11.4. The van der Waals surface area contributed by atoms with Gasteiger partial charge in [0, 0.05) is 38.6 Å². The summed E-state index contributed by atoms with van der Waals surface area (Å²) in [6.45, 7) is 13.9. The van der Waals surface area contributed by atoms with Crippen LogP contribution in [-0.2, 0) is 19.1 Å². The van der Waals surface area contributed by atoms with Crippen molar-refractivity contribution in [3.8, 4) is 0 Å². The van der Waals surface area contributed by atoms with Crippen LogP contribution < -0.4 is 5.32 Å². The zero-order valence-electron chi connectivity index (χ0n) is 24.0. The first kappa shape index (κ1) is 26.8. The van der Waals surface area contributed by atoms with E-state index >= 15 is 0 Å². The lowest BCUT2D eigenvalue weighted by Gasteiger charge is -2.58.